The van der Waals surface area contributed by atoms with Crippen LogP contribution in [-0.2, 0) is 4.79 Å². The summed E-state index contributed by atoms with van der Waals surface area (Å²) in [5.74, 6) is 1.04. The highest BCUT2D eigenvalue weighted by Crippen LogP contribution is 2.41. The smallest absolute Gasteiger partial charge is 0.230 e. The summed E-state index contributed by atoms with van der Waals surface area (Å²) in [6.45, 7) is 2.75. The van der Waals surface area contributed by atoms with Gasteiger partial charge in [0, 0.05) is 26.2 Å². The van der Waals surface area contributed by atoms with Gasteiger partial charge in [0.2, 0.25) is 5.91 Å². The fraction of sp³-hybridized carbons (Fsp3) is 0.500. The van der Waals surface area contributed by atoms with E-state index in [2.05, 4.69) is 9.88 Å². The number of carbonyl (C=O) groups is 1. The van der Waals surface area contributed by atoms with Crippen molar-refractivity contribution in [2.75, 3.05) is 37.7 Å². The Morgan fingerprint density at radius 1 is 1.17 bits per heavy atom. The van der Waals surface area contributed by atoms with Crippen LogP contribution in [0.1, 0.15) is 19.3 Å². The number of piperidine rings is 1. The molecule has 1 N–H and O–H groups in total. The van der Waals surface area contributed by atoms with E-state index in [4.69, 9.17) is 4.98 Å². The molecule has 24 heavy (non-hydrogen) atoms. The van der Waals surface area contributed by atoms with Gasteiger partial charge >= 0.3 is 0 Å². The molecule has 0 aliphatic carbocycles. The first kappa shape index (κ1) is 15.3. The van der Waals surface area contributed by atoms with Crippen molar-refractivity contribution in [3.05, 3.63) is 30.5 Å². The highest BCUT2D eigenvalue weighted by atomic mass is 16.3. The topological polar surface area (TPSA) is 69.6 Å². The molecule has 0 bridgehead atoms. The monoisotopic (exact) mass is 326 g/mol. The van der Waals surface area contributed by atoms with Crippen LogP contribution < -0.4 is 4.90 Å². The first-order valence-corrected chi connectivity index (χ1v) is 8.59. The maximum atomic E-state index is 12.9. The minimum absolute atomic E-state index is 0.0294. The molecular formula is C18H22N4O2. The van der Waals surface area contributed by atoms with E-state index in [1.165, 1.54) is 0 Å². The van der Waals surface area contributed by atoms with Gasteiger partial charge in [-0.05, 0) is 31.4 Å². The number of fused-ring (bicyclic) bond motifs is 1. The van der Waals surface area contributed by atoms with E-state index in [0.717, 1.165) is 49.2 Å². The lowest BCUT2D eigenvalue weighted by Gasteiger charge is -2.39. The first-order valence-electron chi connectivity index (χ1n) is 8.59. The Kier molecular flexibility index (Phi) is 3.84. The van der Waals surface area contributed by atoms with E-state index in [-0.39, 0.29) is 17.9 Å². The van der Waals surface area contributed by atoms with E-state index in [1.807, 2.05) is 29.2 Å². The number of aliphatic hydroxyl groups excluding tert-OH is 1. The van der Waals surface area contributed by atoms with Gasteiger partial charge in [0.05, 0.1) is 29.3 Å². The number of hydrogen-bond acceptors (Lipinski definition) is 5. The minimum atomic E-state index is -0.319. The van der Waals surface area contributed by atoms with Crippen molar-refractivity contribution < 1.29 is 9.90 Å². The Balaban J connectivity index is 1.57. The SMILES string of the molecule is O=C1N(CCO)CCCC12CCN(c1cnc3ccccc3n1)C2. The molecule has 0 radical (unpaired) electrons. The maximum absolute atomic E-state index is 12.9. The van der Waals surface area contributed by atoms with Gasteiger partial charge in [-0.1, -0.05) is 12.1 Å². The van der Waals surface area contributed by atoms with Gasteiger partial charge in [-0.15, -0.1) is 0 Å². The summed E-state index contributed by atoms with van der Waals surface area (Å²) >= 11 is 0. The quantitative estimate of drug-likeness (QED) is 0.924. The zero-order valence-electron chi connectivity index (χ0n) is 13.7. The van der Waals surface area contributed by atoms with Crippen LogP contribution in [0.25, 0.3) is 11.0 Å². The van der Waals surface area contributed by atoms with Gasteiger partial charge in [-0.2, -0.15) is 0 Å². The molecule has 1 aromatic carbocycles. The molecule has 126 valence electrons. The Morgan fingerprint density at radius 2 is 2.00 bits per heavy atom. The lowest BCUT2D eigenvalue weighted by atomic mass is 9.78. The lowest BCUT2D eigenvalue weighted by Crippen LogP contribution is -2.50. The van der Waals surface area contributed by atoms with Crippen LogP contribution in [0.5, 0.6) is 0 Å². The second kappa shape index (κ2) is 6.02. The van der Waals surface area contributed by atoms with Gasteiger partial charge in [-0.25, -0.2) is 4.98 Å². The number of aromatic nitrogens is 2. The van der Waals surface area contributed by atoms with Crippen molar-refractivity contribution in [2.45, 2.75) is 19.3 Å². The van der Waals surface area contributed by atoms with Crippen molar-refractivity contribution in [1.29, 1.82) is 0 Å². The van der Waals surface area contributed by atoms with Gasteiger partial charge < -0.3 is 14.9 Å². The third kappa shape index (κ3) is 2.51. The zero-order chi connectivity index (χ0) is 16.6. The maximum Gasteiger partial charge on any atom is 0.230 e. The third-order valence-electron chi connectivity index (χ3n) is 5.31. The molecule has 1 spiro atoms. The first-order chi connectivity index (χ1) is 11.7. The summed E-state index contributed by atoms with van der Waals surface area (Å²) in [6, 6.07) is 7.84. The molecule has 6 heteroatoms. The molecule has 6 nitrogen and oxygen atoms in total. The Morgan fingerprint density at radius 3 is 2.83 bits per heavy atom. The van der Waals surface area contributed by atoms with Crippen molar-refractivity contribution in [1.82, 2.24) is 14.9 Å². The number of likely N-dealkylation sites (tertiary alicyclic amines) is 1. The summed E-state index contributed by atoms with van der Waals surface area (Å²) in [4.78, 5) is 26.1. The van der Waals surface area contributed by atoms with Crippen molar-refractivity contribution in [3.8, 4) is 0 Å². The molecular weight excluding hydrogens is 304 g/mol. The fourth-order valence-corrected chi connectivity index (χ4v) is 4.03. The van der Waals surface area contributed by atoms with E-state index < -0.39 is 0 Å². The predicted octanol–water partition coefficient (Wildman–Crippen LogP) is 1.44. The number of anilines is 1. The summed E-state index contributed by atoms with van der Waals surface area (Å²) in [5.41, 5.74) is 1.45. The Labute approximate surface area is 141 Å². The van der Waals surface area contributed by atoms with Crippen molar-refractivity contribution >= 4 is 22.8 Å². The molecule has 0 saturated carbocycles. The minimum Gasteiger partial charge on any atom is -0.395 e. The summed E-state index contributed by atoms with van der Waals surface area (Å²) in [5, 5.41) is 9.18. The van der Waals surface area contributed by atoms with E-state index >= 15 is 0 Å². The number of para-hydroxylation sites is 2. The number of nitrogens with zero attached hydrogens (tertiary/aromatic N) is 4. The standard InChI is InChI=1S/C18H22N4O2/c23-11-10-21-8-3-6-18(17(21)24)7-9-22(13-18)16-12-19-14-4-1-2-5-15(14)20-16/h1-2,4-5,12,23H,3,6-11,13H2. The average molecular weight is 326 g/mol. The number of benzene rings is 1. The summed E-state index contributed by atoms with van der Waals surface area (Å²) < 4.78 is 0. The normalized spacial score (nSPS) is 24.3. The third-order valence-corrected chi connectivity index (χ3v) is 5.31. The van der Waals surface area contributed by atoms with Crippen LogP contribution in [0, 0.1) is 5.41 Å². The van der Waals surface area contributed by atoms with Crippen LogP contribution in [0.2, 0.25) is 0 Å². The van der Waals surface area contributed by atoms with Gasteiger partial charge in [0.1, 0.15) is 5.82 Å². The van der Waals surface area contributed by atoms with Crippen LogP contribution in [0.3, 0.4) is 0 Å². The molecule has 2 aromatic rings. The summed E-state index contributed by atoms with van der Waals surface area (Å²) in [6.07, 6.45) is 4.58. The number of amides is 1. The van der Waals surface area contributed by atoms with Gasteiger partial charge in [0.15, 0.2) is 0 Å². The highest BCUT2D eigenvalue weighted by Gasteiger charge is 2.48. The lowest BCUT2D eigenvalue weighted by molar-refractivity contribution is -0.145. The van der Waals surface area contributed by atoms with E-state index in [0.29, 0.717) is 13.1 Å². The van der Waals surface area contributed by atoms with Gasteiger partial charge in [0.25, 0.3) is 0 Å². The fourth-order valence-electron chi connectivity index (χ4n) is 4.03. The van der Waals surface area contributed by atoms with Crippen LogP contribution in [-0.4, -0.2) is 58.7 Å². The second-order valence-corrected chi connectivity index (χ2v) is 6.79. The molecule has 3 heterocycles. The molecule has 1 amide bonds. The molecule has 1 unspecified atom stereocenters. The molecule has 1 aromatic heterocycles. The number of hydrogen-bond donors (Lipinski definition) is 1. The van der Waals surface area contributed by atoms with Crippen molar-refractivity contribution in [3.63, 3.8) is 0 Å². The van der Waals surface area contributed by atoms with Gasteiger partial charge in [-0.3, -0.25) is 9.78 Å². The number of aliphatic hydroxyl groups is 1. The molecule has 2 aliphatic heterocycles. The molecule has 2 aliphatic rings. The van der Waals surface area contributed by atoms with Crippen LogP contribution in [0.4, 0.5) is 5.82 Å². The Hall–Kier alpha value is -2.21. The number of β-amino-alcohol motifs (C(OH)–C–C–N with tert-alkyl or cyclic N) is 1. The van der Waals surface area contributed by atoms with Crippen LogP contribution >= 0.6 is 0 Å². The molecule has 4 rings (SSSR count). The zero-order valence-corrected chi connectivity index (χ0v) is 13.7. The van der Waals surface area contributed by atoms with Crippen LogP contribution in [0.15, 0.2) is 30.5 Å². The molecule has 2 saturated heterocycles. The van der Waals surface area contributed by atoms with E-state index in [1.54, 1.807) is 6.20 Å². The second-order valence-electron chi connectivity index (χ2n) is 6.79. The highest BCUT2D eigenvalue weighted by molar-refractivity contribution is 5.85. The predicted molar refractivity (Wildman–Crippen MR) is 91.7 cm³/mol. The van der Waals surface area contributed by atoms with E-state index in [9.17, 15) is 9.90 Å². The molecule has 1 atom stereocenters. The van der Waals surface area contributed by atoms with Crippen molar-refractivity contribution in [2.24, 2.45) is 5.41 Å². The largest absolute Gasteiger partial charge is 0.395 e. The number of rotatable bonds is 3. The summed E-state index contributed by atoms with van der Waals surface area (Å²) in [7, 11) is 0. The molecule has 2 fully saturated rings. The average Bonchev–Trinajstić information content (AvgIpc) is 3.04. The Bertz CT molecular complexity index is 764. The number of carbonyl (C=O) groups excluding carboxylic acids is 1.